The molecule has 0 aliphatic heterocycles. The van der Waals surface area contributed by atoms with Crippen molar-refractivity contribution >= 4 is 12.1 Å². The summed E-state index contributed by atoms with van der Waals surface area (Å²) < 4.78 is 0. The zero-order valence-corrected chi connectivity index (χ0v) is 8.69. The Labute approximate surface area is 94.4 Å². The fraction of sp³-hybridized carbons (Fsp3) is 0.333. The number of H-pyrrole nitrogens is 2. The number of aromatic hydroxyl groups is 1. The molecule has 0 spiro atoms. The summed E-state index contributed by atoms with van der Waals surface area (Å²) >= 11 is 0. The van der Waals surface area contributed by atoms with Crippen LogP contribution in [0, 0.1) is 5.92 Å². The molecule has 1 aromatic heterocycles. The zero-order valence-electron chi connectivity index (χ0n) is 8.69. The van der Waals surface area contributed by atoms with Crippen molar-refractivity contribution in [2.75, 3.05) is 0 Å². The minimum absolute atomic E-state index is 0.00499. The van der Waals surface area contributed by atoms with Gasteiger partial charge >= 0.3 is 5.69 Å². The summed E-state index contributed by atoms with van der Waals surface area (Å²) in [5.74, 6) is -0.820. The number of nitrogens with zero attached hydrogens (tertiary/aromatic N) is 1. The molecule has 0 bridgehead atoms. The van der Waals surface area contributed by atoms with E-state index < -0.39 is 17.1 Å². The van der Waals surface area contributed by atoms with E-state index in [4.69, 9.17) is 0 Å². The van der Waals surface area contributed by atoms with Crippen LogP contribution in [0.1, 0.15) is 18.4 Å². The predicted molar refractivity (Wildman–Crippen MR) is 57.8 cm³/mol. The Hall–Kier alpha value is -2.38. The Bertz CT molecular complexity index is 581. The summed E-state index contributed by atoms with van der Waals surface area (Å²) in [7, 11) is 0. The van der Waals surface area contributed by atoms with Crippen LogP contribution in [0.4, 0.5) is 0 Å². The van der Waals surface area contributed by atoms with Crippen molar-refractivity contribution in [3.05, 3.63) is 26.4 Å². The van der Waals surface area contributed by atoms with E-state index in [0.29, 0.717) is 0 Å². The Morgan fingerprint density at radius 1 is 1.41 bits per heavy atom. The summed E-state index contributed by atoms with van der Waals surface area (Å²) in [6.45, 7) is 0. The van der Waals surface area contributed by atoms with Crippen molar-refractivity contribution in [3.8, 4) is 5.88 Å². The first-order chi connectivity index (χ1) is 8.08. The standard InChI is InChI=1S/C9H10N4O4/c14-6(4-1-2-4)13-10-3-5-7(15)11-9(17)12-8(5)16/h3-4H,1-2H2,(H,13,14)(H3,11,12,15,16,17). The summed E-state index contributed by atoms with van der Waals surface area (Å²) in [6.07, 6.45) is 2.65. The molecule has 0 saturated heterocycles. The molecular formula is C9H10N4O4. The summed E-state index contributed by atoms with van der Waals surface area (Å²) in [6, 6.07) is 0. The molecule has 8 heteroatoms. The van der Waals surface area contributed by atoms with Gasteiger partial charge in [-0.1, -0.05) is 0 Å². The second kappa shape index (κ2) is 4.24. The van der Waals surface area contributed by atoms with Gasteiger partial charge in [-0.3, -0.25) is 19.6 Å². The van der Waals surface area contributed by atoms with E-state index in [1.54, 1.807) is 0 Å². The maximum atomic E-state index is 11.2. The van der Waals surface area contributed by atoms with Crippen LogP contribution in [0.5, 0.6) is 5.88 Å². The van der Waals surface area contributed by atoms with Crippen LogP contribution in [0.3, 0.4) is 0 Å². The van der Waals surface area contributed by atoms with E-state index in [1.165, 1.54) is 0 Å². The highest BCUT2D eigenvalue weighted by Gasteiger charge is 2.29. The molecule has 90 valence electrons. The van der Waals surface area contributed by atoms with Crippen LogP contribution < -0.4 is 16.7 Å². The molecule has 4 N–H and O–H groups in total. The third-order valence-electron chi connectivity index (χ3n) is 2.28. The normalized spacial score (nSPS) is 15.1. The number of hydrogen-bond donors (Lipinski definition) is 4. The van der Waals surface area contributed by atoms with Gasteiger partial charge < -0.3 is 5.11 Å². The minimum atomic E-state index is -0.813. The number of hydrogen-bond acceptors (Lipinski definition) is 5. The lowest BCUT2D eigenvalue weighted by Crippen LogP contribution is -2.26. The van der Waals surface area contributed by atoms with Crippen molar-refractivity contribution in [3.63, 3.8) is 0 Å². The lowest BCUT2D eigenvalue weighted by Gasteiger charge is -1.97. The molecule has 0 unspecified atom stereocenters. The number of carbonyl (C=O) groups excluding carboxylic acids is 1. The van der Waals surface area contributed by atoms with Gasteiger partial charge in [0.2, 0.25) is 11.8 Å². The van der Waals surface area contributed by atoms with Crippen molar-refractivity contribution in [2.45, 2.75) is 12.8 Å². The van der Waals surface area contributed by atoms with Crippen LogP contribution in [-0.4, -0.2) is 27.2 Å². The van der Waals surface area contributed by atoms with Crippen molar-refractivity contribution in [1.29, 1.82) is 0 Å². The lowest BCUT2D eigenvalue weighted by molar-refractivity contribution is -0.122. The SMILES string of the molecule is O=C(NN=Cc1c(O)[nH]c(=O)[nH]c1=O)C1CC1. The Morgan fingerprint density at radius 3 is 2.71 bits per heavy atom. The Balaban J connectivity index is 2.12. The molecule has 2 rings (SSSR count). The molecule has 8 nitrogen and oxygen atoms in total. The Morgan fingerprint density at radius 2 is 2.12 bits per heavy atom. The number of amides is 1. The maximum absolute atomic E-state index is 11.2. The van der Waals surface area contributed by atoms with Crippen molar-refractivity contribution < 1.29 is 9.90 Å². The quantitative estimate of drug-likeness (QED) is 0.382. The van der Waals surface area contributed by atoms with Gasteiger partial charge in [-0.2, -0.15) is 5.10 Å². The fourth-order valence-corrected chi connectivity index (χ4v) is 1.20. The second-order valence-corrected chi connectivity index (χ2v) is 3.68. The van der Waals surface area contributed by atoms with Crippen LogP contribution in [0.25, 0.3) is 0 Å². The smallest absolute Gasteiger partial charge is 0.328 e. The van der Waals surface area contributed by atoms with Crippen LogP contribution in [0.2, 0.25) is 0 Å². The van der Waals surface area contributed by atoms with Gasteiger partial charge in [0.25, 0.3) is 5.56 Å². The molecule has 1 saturated carbocycles. The maximum Gasteiger partial charge on any atom is 0.328 e. The largest absolute Gasteiger partial charge is 0.494 e. The van der Waals surface area contributed by atoms with Gasteiger partial charge in [-0.15, -0.1) is 0 Å². The summed E-state index contributed by atoms with van der Waals surface area (Å²) in [5, 5.41) is 12.8. The number of aromatic amines is 2. The van der Waals surface area contributed by atoms with Gasteiger partial charge in [0.05, 0.1) is 6.21 Å². The Kier molecular flexibility index (Phi) is 2.77. The lowest BCUT2D eigenvalue weighted by atomic mass is 10.3. The molecule has 0 radical (unpaired) electrons. The number of hydrazone groups is 1. The van der Waals surface area contributed by atoms with E-state index in [0.717, 1.165) is 19.1 Å². The fourth-order valence-electron chi connectivity index (χ4n) is 1.20. The van der Waals surface area contributed by atoms with Crippen LogP contribution in [0.15, 0.2) is 14.7 Å². The molecule has 1 aromatic rings. The van der Waals surface area contributed by atoms with Crippen molar-refractivity contribution in [2.24, 2.45) is 11.0 Å². The van der Waals surface area contributed by atoms with Gasteiger partial charge in [0, 0.05) is 5.92 Å². The predicted octanol–water partition coefficient (Wildman–Crippen LogP) is -1.37. The highest BCUT2D eigenvalue weighted by Crippen LogP contribution is 2.28. The van der Waals surface area contributed by atoms with Crippen LogP contribution in [-0.2, 0) is 4.79 Å². The number of rotatable bonds is 3. The number of carbonyl (C=O) groups is 1. The molecule has 1 fully saturated rings. The average Bonchev–Trinajstić information content (AvgIpc) is 3.04. The molecule has 0 aromatic carbocycles. The molecule has 0 atom stereocenters. The summed E-state index contributed by atoms with van der Waals surface area (Å²) in [5.41, 5.74) is 0.420. The van der Waals surface area contributed by atoms with Crippen molar-refractivity contribution in [1.82, 2.24) is 15.4 Å². The van der Waals surface area contributed by atoms with E-state index >= 15 is 0 Å². The highest BCUT2D eigenvalue weighted by atomic mass is 16.3. The zero-order chi connectivity index (χ0) is 12.4. The molecule has 1 aliphatic carbocycles. The third-order valence-corrected chi connectivity index (χ3v) is 2.28. The average molecular weight is 238 g/mol. The molecule has 1 aliphatic rings. The minimum Gasteiger partial charge on any atom is -0.494 e. The number of nitrogens with one attached hydrogen (secondary N) is 3. The molecule has 1 amide bonds. The second-order valence-electron chi connectivity index (χ2n) is 3.68. The third kappa shape index (κ3) is 2.60. The van der Waals surface area contributed by atoms with Gasteiger partial charge in [0.1, 0.15) is 5.56 Å². The van der Waals surface area contributed by atoms with Crippen LogP contribution >= 0.6 is 0 Å². The van der Waals surface area contributed by atoms with E-state index in [9.17, 15) is 19.5 Å². The first kappa shape index (κ1) is 11.1. The number of aromatic nitrogens is 2. The van der Waals surface area contributed by atoms with Gasteiger partial charge in [0.15, 0.2) is 0 Å². The molecule has 1 heterocycles. The van der Waals surface area contributed by atoms with Gasteiger partial charge in [-0.25, -0.2) is 10.2 Å². The van der Waals surface area contributed by atoms with E-state index in [1.807, 2.05) is 9.97 Å². The first-order valence-corrected chi connectivity index (χ1v) is 4.96. The van der Waals surface area contributed by atoms with Gasteiger partial charge in [-0.05, 0) is 12.8 Å². The monoisotopic (exact) mass is 238 g/mol. The molecular weight excluding hydrogens is 228 g/mol. The first-order valence-electron chi connectivity index (χ1n) is 4.96. The topological polar surface area (TPSA) is 127 Å². The highest BCUT2D eigenvalue weighted by molar-refractivity contribution is 5.85. The van der Waals surface area contributed by atoms with E-state index in [-0.39, 0.29) is 17.4 Å². The summed E-state index contributed by atoms with van der Waals surface area (Å²) in [4.78, 5) is 37.1. The molecule has 17 heavy (non-hydrogen) atoms. The van der Waals surface area contributed by atoms with E-state index in [2.05, 4.69) is 10.5 Å².